The zero-order valence-corrected chi connectivity index (χ0v) is 15.0. The predicted molar refractivity (Wildman–Crippen MR) is 102 cm³/mol. The van der Waals surface area contributed by atoms with E-state index in [1.807, 2.05) is 31.2 Å². The van der Waals surface area contributed by atoms with Gasteiger partial charge >= 0.3 is 6.18 Å². The van der Waals surface area contributed by atoms with Crippen molar-refractivity contribution in [3.63, 3.8) is 0 Å². The number of carbonyl (C=O) groups is 1. The van der Waals surface area contributed by atoms with Gasteiger partial charge in [0.1, 0.15) is 5.82 Å². The molecule has 0 bridgehead atoms. The maximum absolute atomic E-state index is 13.1. The number of pyridine rings is 1. The third kappa shape index (κ3) is 4.88. The lowest BCUT2D eigenvalue weighted by Gasteiger charge is -2.14. The molecule has 4 nitrogen and oxygen atoms in total. The summed E-state index contributed by atoms with van der Waals surface area (Å²) in [5.41, 5.74) is 1.56. The number of benzene rings is 2. The van der Waals surface area contributed by atoms with Crippen molar-refractivity contribution >= 4 is 23.1 Å². The van der Waals surface area contributed by atoms with Crippen LogP contribution in [0.15, 0.2) is 66.9 Å². The summed E-state index contributed by atoms with van der Waals surface area (Å²) in [5, 5.41) is 5.40. The zero-order chi connectivity index (χ0) is 20.1. The standard InChI is InChI=1S/C21H18F3N3O/c1-14-6-2-3-7-15(14)12-20(28)26-16-10-11-19(25-13-16)27-18-9-5-4-8-17(18)21(22,23)24/h2-11,13H,12H2,1H3,(H,25,27)(H,26,28). The lowest BCUT2D eigenvalue weighted by molar-refractivity contribution is -0.136. The summed E-state index contributed by atoms with van der Waals surface area (Å²) in [6.45, 7) is 1.93. The van der Waals surface area contributed by atoms with Crippen molar-refractivity contribution in [3.8, 4) is 0 Å². The molecule has 0 radical (unpaired) electrons. The van der Waals surface area contributed by atoms with Gasteiger partial charge in [0.05, 0.1) is 29.6 Å². The Labute approximate surface area is 160 Å². The number of halogens is 3. The van der Waals surface area contributed by atoms with Crippen LogP contribution in [0, 0.1) is 6.92 Å². The van der Waals surface area contributed by atoms with E-state index in [0.29, 0.717) is 5.69 Å². The fourth-order valence-electron chi connectivity index (χ4n) is 2.71. The van der Waals surface area contributed by atoms with Gasteiger partial charge in [0, 0.05) is 0 Å². The minimum atomic E-state index is -4.47. The van der Waals surface area contributed by atoms with Crippen molar-refractivity contribution in [1.29, 1.82) is 0 Å². The lowest BCUT2D eigenvalue weighted by Crippen LogP contribution is -2.15. The number of rotatable bonds is 5. The van der Waals surface area contributed by atoms with Gasteiger partial charge in [-0.15, -0.1) is 0 Å². The van der Waals surface area contributed by atoms with Crippen molar-refractivity contribution in [3.05, 3.63) is 83.6 Å². The Morgan fingerprint density at radius 2 is 1.71 bits per heavy atom. The van der Waals surface area contributed by atoms with E-state index in [1.165, 1.54) is 30.5 Å². The molecule has 3 rings (SSSR count). The van der Waals surface area contributed by atoms with Crippen LogP contribution >= 0.6 is 0 Å². The maximum Gasteiger partial charge on any atom is 0.418 e. The van der Waals surface area contributed by atoms with E-state index < -0.39 is 11.7 Å². The number of amides is 1. The highest BCUT2D eigenvalue weighted by molar-refractivity contribution is 5.92. The summed E-state index contributed by atoms with van der Waals surface area (Å²) in [6.07, 6.45) is -2.84. The molecule has 0 saturated carbocycles. The van der Waals surface area contributed by atoms with Gasteiger partial charge in [0.15, 0.2) is 0 Å². The van der Waals surface area contributed by atoms with Crippen molar-refractivity contribution < 1.29 is 18.0 Å². The summed E-state index contributed by atoms with van der Waals surface area (Å²) >= 11 is 0. The van der Waals surface area contributed by atoms with Crippen LogP contribution in [-0.2, 0) is 17.4 Å². The van der Waals surface area contributed by atoms with Gasteiger partial charge < -0.3 is 10.6 Å². The third-order valence-electron chi connectivity index (χ3n) is 4.15. The Morgan fingerprint density at radius 1 is 1.00 bits per heavy atom. The Bertz CT molecular complexity index is 969. The van der Waals surface area contributed by atoms with Crippen LogP contribution in [0.2, 0.25) is 0 Å². The number of hydrogen-bond donors (Lipinski definition) is 2. The smallest absolute Gasteiger partial charge is 0.340 e. The topological polar surface area (TPSA) is 54.0 Å². The Balaban J connectivity index is 1.66. The molecule has 7 heteroatoms. The molecule has 0 aliphatic carbocycles. The first-order valence-corrected chi connectivity index (χ1v) is 8.56. The first-order chi connectivity index (χ1) is 13.3. The van der Waals surface area contributed by atoms with Gasteiger partial charge in [-0.3, -0.25) is 4.79 Å². The van der Waals surface area contributed by atoms with Crippen LogP contribution < -0.4 is 10.6 Å². The highest BCUT2D eigenvalue weighted by Gasteiger charge is 2.33. The number of para-hydroxylation sites is 1. The molecule has 3 aromatic rings. The molecule has 28 heavy (non-hydrogen) atoms. The molecule has 2 aromatic carbocycles. The van der Waals surface area contributed by atoms with Crippen LogP contribution in [0.25, 0.3) is 0 Å². The summed E-state index contributed by atoms with van der Waals surface area (Å²) in [6, 6.07) is 15.9. The fourth-order valence-corrected chi connectivity index (χ4v) is 2.71. The van der Waals surface area contributed by atoms with Crippen LogP contribution in [0.5, 0.6) is 0 Å². The van der Waals surface area contributed by atoms with Gasteiger partial charge in [-0.2, -0.15) is 13.2 Å². The van der Waals surface area contributed by atoms with E-state index in [1.54, 1.807) is 6.07 Å². The highest BCUT2D eigenvalue weighted by Crippen LogP contribution is 2.35. The maximum atomic E-state index is 13.1. The summed E-state index contributed by atoms with van der Waals surface area (Å²) < 4.78 is 39.2. The van der Waals surface area contributed by atoms with Crippen LogP contribution in [0.1, 0.15) is 16.7 Å². The first kappa shape index (κ1) is 19.4. The number of nitrogens with zero attached hydrogens (tertiary/aromatic N) is 1. The van der Waals surface area contributed by atoms with Gasteiger partial charge in [0.2, 0.25) is 5.91 Å². The quantitative estimate of drug-likeness (QED) is 0.624. The zero-order valence-electron chi connectivity index (χ0n) is 15.0. The normalized spacial score (nSPS) is 11.1. The molecule has 144 valence electrons. The minimum absolute atomic E-state index is 0.0844. The molecular formula is C21H18F3N3O. The van der Waals surface area contributed by atoms with Crippen molar-refractivity contribution in [2.75, 3.05) is 10.6 Å². The fraction of sp³-hybridized carbons (Fsp3) is 0.143. The molecular weight excluding hydrogens is 367 g/mol. The van der Waals surface area contributed by atoms with Gasteiger partial charge in [0.25, 0.3) is 0 Å². The molecule has 0 aliphatic heterocycles. The summed E-state index contributed by atoms with van der Waals surface area (Å²) in [4.78, 5) is 16.3. The molecule has 2 N–H and O–H groups in total. The number of aryl methyl sites for hydroxylation is 1. The molecule has 0 aliphatic rings. The molecule has 0 saturated heterocycles. The highest BCUT2D eigenvalue weighted by atomic mass is 19.4. The number of hydrogen-bond acceptors (Lipinski definition) is 3. The van der Waals surface area contributed by atoms with Crippen LogP contribution in [-0.4, -0.2) is 10.9 Å². The average Bonchev–Trinajstić information content (AvgIpc) is 2.65. The summed E-state index contributed by atoms with van der Waals surface area (Å²) in [5.74, 6) is 0.0489. The number of alkyl halides is 3. The Morgan fingerprint density at radius 3 is 2.39 bits per heavy atom. The molecule has 0 atom stereocenters. The van der Waals surface area contributed by atoms with Gasteiger partial charge in [-0.05, 0) is 42.3 Å². The number of carbonyl (C=O) groups excluding carboxylic acids is 1. The van der Waals surface area contributed by atoms with E-state index >= 15 is 0 Å². The SMILES string of the molecule is Cc1ccccc1CC(=O)Nc1ccc(Nc2ccccc2C(F)(F)F)nc1. The van der Waals surface area contributed by atoms with E-state index in [9.17, 15) is 18.0 Å². The first-order valence-electron chi connectivity index (χ1n) is 8.56. The van der Waals surface area contributed by atoms with Crippen molar-refractivity contribution in [1.82, 2.24) is 4.98 Å². The van der Waals surface area contributed by atoms with Crippen molar-refractivity contribution in [2.24, 2.45) is 0 Å². The Hall–Kier alpha value is -3.35. The van der Waals surface area contributed by atoms with Gasteiger partial charge in [-0.25, -0.2) is 4.98 Å². The van der Waals surface area contributed by atoms with E-state index in [0.717, 1.165) is 17.2 Å². The van der Waals surface area contributed by atoms with Crippen LogP contribution in [0.4, 0.5) is 30.4 Å². The van der Waals surface area contributed by atoms with E-state index in [-0.39, 0.29) is 23.8 Å². The largest absolute Gasteiger partial charge is 0.418 e. The molecule has 0 spiro atoms. The van der Waals surface area contributed by atoms with Crippen LogP contribution in [0.3, 0.4) is 0 Å². The van der Waals surface area contributed by atoms with E-state index in [4.69, 9.17) is 0 Å². The van der Waals surface area contributed by atoms with Crippen molar-refractivity contribution in [2.45, 2.75) is 19.5 Å². The predicted octanol–water partition coefficient (Wildman–Crippen LogP) is 5.33. The number of nitrogens with one attached hydrogen (secondary N) is 2. The second-order valence-electron chi connectivity index (χ2n) is 6.25. The Kier molecular flexibility index (Phi) is 5.63. The summed E-state index contributed by atoms with van der Waals surface area (Å²) in [7, 11) is 0. The van der Waals surface area contributed by atoms with Gasteiger partial charge in [-0.1, -0.05) is 36.4 Å². The molecule has 1 aromatic heterocycles. The lowest BCUT2D eigenvalue weighted by atomic mass is 10.1. The second-order valence-corrected chi connectivity index (χ2v) is 6.25. The van der Waals surface area contributed by atoms with E-state index in [2.05, 4.69) is 15.6 Å². The average molecular weight is 385 g/mol. The molecule has 0 unspecified atom stereocenters. The number of aromatic nitrogens is 1. The molecule has 0 fully saturated rings. The molecule has 1 amide bonds. The molecule has 1 heterocycles. The minimum Gasteiger partial charge on any atom is -0.340 e. The third-order valence-corrected chi connectivity index (χ3v) is 4.15. The second kappa shape index (κ2) is 8.12. The monoisotopic (exact) mass is 385 g/mol. The number of anilines is 3.